The van der Waals surface area contributed by atoms with E-state index in [4.69, 9.17) is 21.3 Å². The molecule has 5 aromatic rings. The first kappa shape index (κ1) is 21.1. The van der Waals surface area contributed by atoms with Gasteiger partial charge in [-0.2, -0.15) is 0 Å². The van der Waals surface area contributed by atoms with Crippen LogP contribution in [0.15, 0.2) is 73.3 Å². The van der Waals surface area contributed by atoms with Gasteiger partial charge in [0.05, 0.1) is 15.9 Å². The van der Waals surface area contributed by atoms with E-state index in [0.717, 1.165) is 20.8 Å². The molecule has 2 aromatic heterocycles. The normalized spacial score (nSPS) is 11.0. The summed E-state index contributed by atoms with van der Waals surface area (Å²) in [6.07, 6.45) is 3.07. The highest BCUT2D eigenvalue weighted by molar-refractivity contribution is 7.21. The number of aryl methyl sites for hydroxylation is 1. The van der Waals surface area contributed by atoms with Gasteiger partial charge in [-0.05, 0) is 67.1 Å². The second kappa shape index (κ2) is 9.01. The van der Waals surface area contributed by atoms with Gasteiger partial charge in [0.25, 0.3) is 5.91 Å². The molecule has 0 aliphatic heterocycles. The number of hydrogen-bond donors (Lipinski definition) is 1. The molecule has 0 aliphatic carbocycles. The lowest BCUT2D eigenvalue weighted by Gasteiger charge is -2.12. The van der Waals surface area contributed by atoms with Crippen LogP contribution in [-0.4, -0.2) is 32.3 Å². The van der Waals surface area contributed by atoms with Crippen LogP contribution in [0.4, 0.5) is 5.69 Å². The Morgan fingerprint density at radius 2 is 1.85 bits per heavy atom. The number of carbonyl (C=O) groups is 1. The van der Waals surface area contributed by atoms with Gasteiger partial charge in [-0.3, -0.25) is 9.36 Å². The van der Waals surface area contributed by atoms with Gasteiger partial charge >= 0.3 is 0 Å². The molecule has 0 unspecified atom stereocenters. The van der Waals surface area contributed by atoms with Crippen LogP contribution in [-0.2, 0) is 4.79 Å². The molecule has 0 fully saturated rings. The number of rotatable bonds is 6. The van der Waals surface area contributed by atoms with E-state index in [2.05, 4.69) is 40.6 Å². The van der Waals surface area contributed by atoms with E-state index in [9.17, 15) is 4.79 Å². The molecule has 164 valence electrons. The molecule has 0 bridgehead atoms. The molecule has 1 N–H and O–H groups in total. The van der Waals surface area contributed by atoms with E-state index in [0.29, 0.717) is 22.1 Å². The maximum Gasteiger partial charge on any atom is 0.262 e. The molecule has 9 heteroatoms. The summed E-state index contributed by atoms with van der Waals surface area (Å²) in [6.45, 7) is 1.90. The summed E-state index contributed by atoms with van der Waals surface area (Å²) < 4.78 is 8.55. The fraction of sp³-hybridized carbons (Fsp3) is 0.0833. The first-order valence-corrected chi connectivity index (χ1v) is 11.3. The average Bonchev–Trinajstić information content (AvgIpc) is 3.48. The number of anilines is 1. The number of hydrogen-bond acceptors (Lipinski definition) is 6. The van der Waals surface area contributed by atoms with Crippen molar-refractivity contribution < 1.29 is 9.53 Å². The number of nitrogens with zero attached hydrogens (tertiary/aromatic N) is 4. The predicted octanol–water partition coefficient (Wildman–Crippen LogP) is 5.52. The molecule has 2 heterocycles. The highest BCUT2D eigenvalue weighted by Gasteiger charge is 2.11. The van der Waals surface area contributed by atoms with Crippen molar-refractivity contribution in [2.75, 3.05) is 11.9 Å². The first-order valence-electron chi connectivity index (χ1n) is 10.1. The molecule has 0 radical (unpaired) electrons. The zero-order valence-electron chi connectivity index (χ0n) is 17.5. The van der Waals surface area contributed by atoms with Gasteiger partial charge in [0.2, 0.25) is 0 Å². The predicted molar refractivity (Wildman–Crippen MR) is 130 cm³/mol. The summed E-state index contributed by atoms with van der Waals surface area (Å²) in [5, 5.41) is 11.9. The third-order valence-electron chi connectivity index (χ3n) is 4.94. The van der Waals surface area contributed by atoms with Crippen molar-refractivity contribution in [2.24, 2.45) is 0 Å². The number of halogens is 1. The largest absolute Gasteiger partial charge is 0.482 e. The second-order valence-electron chi connectivity index (χ2n) is 7.39. The standard InChI is InChI=1S/C24H18ClN5O2S/c1-15-2-9-22-19(10-15)29-24(33-22)16-3-6-18(7-4-16)28-23(31)12-32-21-8-5-17(25)11-20(21)30-13-26-27-14-30/h2-11,13-14H,12H2,1H3,(H,28,31). The highest BCUT2D eigenvalue weighted by atomic mass is 35.5. The molecule has 1 amide bonds. The molecule has 33 heavy (non-hydrogen) atoms. The van der Waals surface area contributed by atoms with Gasteiger partial charge in [0.15, 0.2) is 6.61 Å². The second-order valence-corrected chi connectivity index (χ2v) is 8.85. The van der Waals surface area contributed by atoms with Gasteiger partial charge in [-0.25, -0.2) is 4.98 Å². The summed E-state index contributed by atoms with van der Waals surface area (Å²) in [6, 6.07) is 19.0. The Labute approximate surface area is 198 Å². The number of carbonyl (C=O) groups excluding carboxylic acids is 1. The molecule has 0 aliphatic rings. The number of benzene rings is 3. The van der Waals surface area contributed by atoms with Crippen LogP contribution >= 0.6 is 22.9 Å². The van der Waals surface area contributed by atoms with Crippen LogP contribution in [0.5, 0.6) is 5.75 Å². The summed E-state index contributed by atoms with van der Waals surface area (Å²) in [4.78, 5) is 17.2. The minimum absolute atomic E-state index is 0.157. The van der Waals surface area contributed by atoms with Crippen molar-refractivity contribution in [3.05, 3.63) is 83.9 Å². The van der Waals surface area contributed by atoms with Crippen molar-refractivity contribution in [3.8, 4) is 22.0 Å². The maximum absolute atomic E-state index is 12.5. The monoisotopic (exact) mass is 475 g/mol. The van der Waals surface area contributed by atoms with Crippen molar-refractivity contribution in [2.45, 2.75) is 6.92 Å². The molecular formula is C24H18ClN5O2S. The van der Waals surface area contributed by atoms with E-state index in [1.54, 1.807) is 34.1 Å². The Balaban J connectivity index is 1.24. The van der Waals surface area contributed by atoms with Crippen LogP contribution in [0.1, 0.15) is 5.56 Å². The highest BCUT2D eigenvalue weighted by Crippen LogP contribution is 2.31. The molecule has 0 saturated heterocycles. The molecular weight excluding hydrogens is 458 g/mol. The van der Waals surface area contributed by atoms with E-state index >= 15 is 0 Å². The zero-order valence-corrected chi connectivity index (χ0v) is 19.1. The lowest BCUT2D eigenvalue weighted by molar-refractivity contribution is -0.118. The summed E-state index contributed by atoms with van der Waals surface area (Å²) >= 11 is 7.74. The Hall–Kier alpha value is -3.75. The van der Waals surface area contributed by atoms with Crippen LogP contribution in [0.2, 0.25) is 5.02 Å². The van der Waals surface area contributed by atoms with Crippen LogP contribution in [0, 0.1) is 6.92 Å². The van der Waals surface area contributed by atoms with Gasteiger partial charge in [-0.15, -0.1) is 21.5 Å². The summed E-state index contributed by atoms with van der Waals surface area (Å²) in [5.74, 6) is 0.221. The van der Waals surface area contributed by atoms with Crippen LogP contribution in [0.3, 0.4) is 0 Å². The van der Waals surface area contributed by atoms with Gasteiger partial charge in [-0.1, -0.05) is 17.7 Å². The average molecular weight is 476 g/mol. The number of aromatic nitrogens is 4. The number of fused-ring (bicyclic) bond motifs is 1. The molecule has 7 nitrogen and oxygen atoms in total. The smallest absolute Gasteiger partial charge is 0.262 e. The third kappa shape index (κ3) is 4.72. The van der Waals surface area contributed by atoms with E-state index < -0.39 is 0 Å². The van der Waals surface area contributed by atoms with E-state index in [1.165, 1.54) is 18.2 Å². The van der Waals surface area contributed by atoms with Crippen LogP contribution in [0.25, 0.3) is 26.5 Å². The SMILES string of the molecule is Cc1ccc2sc(-c3ccc(NC(=O)COc4ccc(Cl)cc4-n4cnnc4)cc3)nc2c1. The minimum atomic E-state index is -0.275. The van der Waals surface area contributed by atoms with Crippen LogP contribution < -0.4 is 10.1 Å². The van der Waals surface area contributed by atoms with E-state index in [1.807, 2.05) is 24.3 Å². The fourth-order valence-electron chi connectivity index (χ4n) is 3.34. The lowest BCUT2D eigenvalue weighted by Crippen LogP contribution is -2.20. The summed E-state index contributed by atoms with van der Waals surface area (Å²) in [7, 11) is 0. The molecule has 5 rings (SSSR count). The Morgan fingerprint density at radius 3 is 2.64 bits per heavy atom. The molecule has 0 atom stereocenters. The van der Waals surface area contributed by atoms with Crippen molar-refractivity contribution in [1.82, 2.24) is 19.7 Å². The first-order chi connectivity index (χ1) is 16.0. The maximum atomic E-state index is 12.5. The minimum Gasteiger partial charge on any atom is -0.482 e. The van der Waals surface area contributed by atoms with Crippen molar-refractivity contribution >= 4 is 44.7 Å². The summed E-state index contributed by atoms with van der Waals surface area (Å²) in [5.41, 5.74) is 4.52. The quantitative estimate of drug-likeness (QED) is 0.349. The van der Waals surface area contributed by atoms with Crippen molar-refractivity contribution in [3.63, 3.8) is 0 Å². The lowest BCUT2D eigenvalue weighted by atomic mass is 10.2. The Kier molecular flexibility index (Phi) is 5.77. The Bertz CT molecular complexity index is 1430. The third-order valence-corrected chi connectivity index (χ3v) is 6.26. The Morgan fingerprint density at radius 1 is 1.06 bits per heavy atom. The number of ether oxygens (including phenoxy) is 1. The number of nitrogens with one attached hydrogen (secondary N) is 1. The number of thiazole rings is 1. The zero-order chi connectivity index (χ0) is 22.8. The topological polar surface area (TPSA) is 81.9 Å². The molecule has 0 spiro atoms. The van der Waals surface area contributed by atoms with Gasteiger partial charge in [0, 0.05) is 16.3 Å². The number of amides is 1. The van der Waals surface area contributed by atoms with Gasteiger partial charge < -0.3 is 10.1 Å². The van der Waals surface area contributed by atoms with Gasteiger partial charge in [0.1, 0.15) is 23.4 Å². The van der Waals surface area contributed by atoms with Crippen molar-refractivity contribution in [1.29, 1.82) is 0 Å². The fourth-order valence-corrected chi connectivity index (χ4v) is 4.45. The molecule has 3 aromatic carbocycles. The van der Waals surface area contributed by atoms with E-state index in [-0.39, 0.29) is 12.5 Å². The molecule has 0 saturated carbocycles.